The highest BCUT2D eigenvalue weighted by Gasteiger charge is 2.29. The Bertz CT molecular complexity index is 994. The first-order chi connectivity index (χ1) is 12.7. The number of carbonyl (C=O) groups excluding carboxylic acids is 2. The van der Waals surface area contributed by atoms with Crippen LogP contribution in [-0.2, 0) is 22.8 Å². The number of anilines is 1. The number of benzene rings is 1. The third-order valence-corrected chi connectivity index (χ3v) is 7.02. The number of quaternary nitrogens is 1. The molecule has 1 aromatic heterocycles. The number of amides is 2. The van der Waals surface area contributed by atoms with E-state index in [1.807, 2.05) is 0 Å². The summed E-state index contributed by atoms with van der Waals surface area (Å²) in [5, 5.41) is 3.24. The van der Waals surface area contributed by atoms with Crippen molar-refractivity contribution in [2.45, 2.75) is 24.8 Å². The van der Waals surface area contributed by atoms with Crippen LogP contribution in [0.4, 0.5) is 5.00 Å². The number of hydrogen-bond acceptors (Lipinski definition) is 5. The van der Waals surface area contributed by atoms with E-state index in [-0.39, 0.29) is 4.90 Å². The second-order valence-corrected chi connectivity index (χ2v) is 9.72. The van der Waals surface area contributed by atoms with Crippen LogP contribution >= 0.6 is 11.3 Å². The molecule has 1 atom stereocenters. The number of hydrogen-bond donors (Lipinski definition) is 3. The van der Waals surface area contributed by atoms with E-state index >= 15 is 0 Å². The number of nitrogens with one attached hydrogen (secondary N) is 2. The fourth-order valence-corrected chi connectivity index (χ4v) is 5.17. The molecule has 3 rings (SSSR count). The number of rotatable bonds is 5. The molecule has 0 fully saturated rings. The van der Waals surface area contributed by atoms with Crippen LogP contribution < -0.4 is 16.0 Å². The summed E-state index contributed by atoms with van der Waals surface area (Å²) in [4.78, 5) is 27.2. The normalized spacial score (nSPS) is 16.6. The summed E-state index contributed by atoms with van der Waals surface area (Å²) >= 11 is 1.39. The van der Waals surface area contributed by atoms with Gasteiger partial charge in [-0.3, -0.25) is 9.59 Å². The highest BCUT2D eigenvalue weighted by molar-refractivity contribution is 7.90. The minimum atomic E-state index is -3.33. The van der Waals surface area contributed by atoms with Crippen LogP contribution in [0.25, 0.3) is 0 Å². The zero-order valence-corrected chi connectivity index (χ0v) is 16.8. The van der Waals surface area contributed by atoms with Crippen molar-refractivity contribution in [1.82, 2.24) is 0 Å². The zero-order valence-electron chi connectivity index (χ0n) is 15.2. The predicted molar refractivity (Wildman–Crippen MR) is 104 cm³/mol. The Morgan fingerprint density at radius 3 is 2.48 bits per heavy atom. The molecule has 0 bridgehead atoms. The maximum absolute atomic E-state index is 12.6. The molecule has 1 aromatic carbocycles. The van der Waals surface area contributed by atoms with Gasteiger partial charge in [-0.15, -0.1) is 11.3 Å². The lowest BCUT2D eigenvalue weighted by Gasteiger charge is -2.22. The quantitative estimate of drug-likeness (QED) is 0.668. The lowest BCUT2D eigenvalue weighted by molar-refractivity contribution is -0.913. The summed E-state index contributed by atoms with van der Waals surface area (Å²) in [7, 11) is -3.33. The number of primary amides is 1. The van der Waals surface area contributed by atoms with Gasteiger partial charge in [-0.05, 0) is 36.8 Å². The summed E-state index contributed by atoms with van der Waals surface area (Å²) in [6.07, 6.45) is 1.87. The summed E-state index contributed by atoms with van der Waals surface area (Å²) in [6.45, 7) is 4.86. The van der Waals surface area contributed by atoms with Crippen molar-refractivity contribution < 1.29 is 22.9 Å². The number of sulfone groups is 1. The molecule has 1 aliphatic heterocycles. The average molecular weight is 409 g/mol. The van der Waals surface area contributed by atoms with Crippen molar-refractivity contribution in [3.05, 3.63) is 45.8 Å². The first kappa shape index (κ1) is 19.5. The molecule has 0 saturated heterocycles. The van der Waals surface area contributed by atoms with Gasteiger partial charge in [0, 0.05) is 18.2 Å². The highest BCUT2D eigenvalue weighted by Crippen LogP contribution is 2.34. The fourth-order valence-electron chi connectivity index (χ4n) is 3.22. The first-order valence-electron chi connectivity index (χ1n) is 8.60. The highest BCUT2D eigenvalue weighted by atomic mass is 32.2. The summed E-state index contributed by atoms with van der Waals surface area (Å²) in [6, 6.07) is 5.68. The maximum atomic E-state index is 12.6. The van der Waals surface area contributed by atoms with Gasteiger partial charge >= 0.3 is 0 Å². The molecule has 1 aliphatic rings. The van der Waals surface area contributed by atoms with E-state index in [0.29, 0.717) is 16.1 Å². The number of fused-ring (bicyclic) bond motifs is 1. The van der Waals surface area contributed by atoms with Gasteiger partial charge in [0.2, 0.25) is 0 Å². The standard InChI is InChI=1S/C18H21N3O4S2/c1-3-21-9-8-13-14(10-21)26-18(15(13)16(19)22)20-17(23)11-4-6-12(7-5-11)27(2,24)25/h4-7H,3,8-10H2,1-2H3,(H2,19,22)(H,20,23)/p+1. The van der Waals surface area contributed by atoms with Crippen LogP contribution in [0.3, 0.4) is 0 Å². The van der Waals surface area contributed by atoms with Crippen LogP contribution in [-0.4, -0.2) is 39.6 Å². The van der Waals surface area contributed by atoms with Gasteiger partial charge in [0.1, 0.15) is 11.5 Å². The predicted octanol–water partition coefficient (Wildman–Crippen LogP) is 0.464. The number of carbonyl (C=O) groups is 2. The second kappa shape index (κ2) is 7.41. The molecule has 27 heavy (non-hydrogen) atoms. The van der Waals surface area contributed by atoms with Gasteiger partial charge in [0.25, 0.3) is 11.8 Å². The van der Waals surface area contributed by atoms with Crippen molar-refractivity contribution in [3.8, 4) is 0 Å². The molecule has 1 unspecified atom stereocenters. The Morgan fingerprint density at radius 2 is 1.93 bits per heavy atom. The van der Waals surface area contributed by atoms with Gasteiger partial charge in [-0.25, -0.2) is 8.42 Å². The molecule has 4 N–H and O–H groups in total. The molecule has 144 valence electrons. The van der Waals surface area contributed by atoms with Gasteiger partial charge < -0.3 is 16.0 Å². The number of likely N-dealkylation sites (N-methyl/N-ethyl adjacent to an activating group) is 1. The molecule has 2 aromatic rings. The molecule has 2 heterocycles. The largest absolute Gasteiger partial charge is 0.365 e. The van der Waals surface area contributed by atoms with Gasteiger partial charge in [-0.1, -0.05) is 0 Å². The maximum Gasteiger partial charge on any atom is 0.256 e. The van der Waals surface area contributed by atoms with Crippen molar-refractivity contribution in [2.75, 3.05) is 24.7 Å². The Balaban J connectivity index is 1.88. The van der Waals surface area contributed by atoms with Gasteiger partial charge in [0.15, 0.2) is 9.84 Å². The molecular formula is C18H22N3O4S2+. The van der Waals surface area contributed by atoms with Crippen molar-refractivity contribution in [1.29, 1.82) is 0 Å². The Hall–Kier alpha value is -2.23. The topological polar surface area (TPSA) is 111 Å². The van der Waals surface area contributed by atoms with Crippen LogP contribution in [0, 0.1) is 0 Å². The monoisotopic (exact) mass is 408 g/mol. The summed E-state index contributed by atoms with van der Waals surface area (Å²) in [5.41, 5.74) is 7.22. The summed E-state index contributed by atoms with van der Waals surface area (Å²) in [5.74, 6) is -0.953. The average Bonchev–Trinajstić information content (AvgIpc) is 2.97. The van der Waals surface area contributed by atoms with Crippen LogP contribution in [0.1, 0.15) is 38.1 Å². The Labute approximate surface area is 162 Å². The van der Waals surface area contributed by atoms with E-state index in [2.05, 4.69) is 12.2 Å². The van der Waals surface area contributed by atoms with E-state index in [9.17, 15) is 18.0 Å². The smallest absolute Gasteiger partial charge is 0.256 e. The molecule has 0 spiro atoms. The van der Waals surface area contributed by atoms with Crippen molar-refractivity contribution in [2.24, 2.45) is 5.73 Å². The van der Waals surface area contributed by atoms with Crippen molar-refractivity contribution >= 4 is 38.0 Å². The number of thiophene rings is 1. The molecule has 0 saturated carbocycles. The SMILES string of the molecule is CC[NH+]1CCc2c(sc(NC(=O)c3ccc(S(C)(=O)=O)cc3)c2C(N)=O)C1. The molecule has 2 amide bonds. The minimum Gasteiger partial charge on any atom is -0.365 e. The number of nitrogens with two attached hydrogens (primary N) is 1. The third kappa shape index (κ3) is 4.05. The molecule has 9 heteroatoms. The third-order valence-electron chi connectivity index (χ3n) is 4.75. The lowest BCUT2D eigenvalue weighted by Crippen LogP contribution is -3.11. The second-order valence-electron chi connectivity index (χ2n) is 6.60. The lowest BCUT2D eigenvalue weighted by atomic mass is 10.0. The fraction of sp³-hybridized carbons (Fsp3) is 0.333. The van der Waals surface area contributed by atoms with E-state index < -0.39 is 21.7 Å². The van der Waals surface area contributed by atoms with E-state index in [0.717, 1.165) is 42.8 Å². The van der Waals surface area contributed by atoms with Crippen LogP contribution in [0.5, 0.6) is 0 Å². The van der Waals surface area contributed by atoms with Crippen LogP contribution in [0.2, 0.25) is 0 Å². The molecule has 7 nitrogen and oxygen atoms in total. The summed E-state index contributed by atoms with van der Waals surface area (Å²) < 4.78 is 23.1. The van der Waals surface area contributed by atoms with Crippen LogP contribution in [0.15, 0.2) is 29.2 Å². The Kier molecular flexibility index (Phi) is 5.36. The zero-order chi connectivity index (χ0) is 19.8. The van der Waals surface area contributed by atoms with E-state index in [1.165, 1.54) is 40.5 Å². The molecular weight excluding hydrogens is 386 g/mol. The molecule has 0 aliphatic carbocycles. The minimum absolute atomic E-state index is 0.145. The van der Waals surface area contributed by atoms with Gasteiger partial charge in [-0.2, -0.15) is 0 Å². The first-order valence-corrected chi connectivity index (χ1v) is 11.3. The Morgan fingerprint density at radius 1 is 1.26 bits per heavy atom. The van der Waals surface area contributed by atoms with Gasteiger partial charge in [0.05, 0.1) is 28.4 Å². The van der Waals surface area contributed by atoms with Crippen molar-refractivity contribution in [3.63, 3.8) is 0 Å². The molecule has 0 radical (unpaired) electrons. The van der Waals surface area contributed by atoms with E-state index in [4.69, 9.17) is 5.73 Å². The van der Waals surface area contributed by atoms with E-state index in [1.54, 1.807) is 0 Å².